The third-order valence-corrected chi connectivity index (χ3v) is 40.1. The zero-order valence-electron chi connectivity index (χ0n) is 50.9. The molecule has 0 bridgehead atoms. The van der Waals surface area contributed by atoms with E-state index < -0.39 is 81.7 Å². The van der Waals surface area contributed by atoms with E-state index in [2.05, 4.69) is 131 Å². The highest BCUT2D eigenvalue weighted by molar-refractivity contribution is 6.89. The van der Waals surface area contributed by atoms with Gasteiger partial charge in [-0.1, -0.05) is 0 Å². The Morgan fingerprint density at radius 1 is 0.347 bits per heavy atom. The lowest BCUT2D eigenvalue weighted by Gasteiger charge is -2.38. The highest BCUT2D eigenvalue weighted by Crippen LogP contribution is 2.28. The molecule has 72 heavy (non-hydrogen) atoms. The zero-order valence-corrected chi connectivity index (χ0v) is 59.9. The van der Waals surface area contributed by atoms with E-state index in [1.54, 1.807) is 14.0 Å². The number of methoxy groups -OCH3 is 1. The molecule has 25 heteroatoms. The molecule has 2 atom stereocenters. The van der Waals surface area contributed by atoms with Crippen LogP contribution < -0.4 is 0 Å². The Bertz CT molecular complexity index is 1220. The van der Waals surface area contributed by atoms with Gasteiger partial charge in [-0.25, -0.2) is 0 Å². The van der Waals surface area contributed by atoms with Gasteiger partial charge in [-0.2, -0.15) is 0 Å². The maximum absolute atomic E-state index is 9.09. The molecule has 438 valence electrons. The minimum Gasteiger partial charge on any atom is -0.437 e. The monoisotopic (exact) mass is 1190 g/mol. The quantitative estimate of drug-likeness (QED) is 0.0387. The minimum atomic E-state index is -2.16. The first kappa shape index (κ1) is 77.5. The topological polar surface area (TPSA) is 181 Å². The van der Waals surface area contributed by atoms with E-state index in [0.29, 0.717) is 72.7 Å². The van der Waals surface area contributed by atoms with Crippen LogP contribution in [0.3, 0.4) is 0 Å². The lowest BCUT2D eigenvalue weighted by atomic mass is 10.4. The average molecular weight is 1190 g/mol. The van der Waals surface area contributed by atoms with Gasteiger partial charge >= 0.3 is 25.7 Å². The van der Waals surface area contributed by atoms with Crippen LogP contribution in [0.2, 0.25) is 155 Å². The molecular weight excluding hydrogens is 1070 g/mol. The van der Waals surface area contributed by atoms with Crippen molar-refractivity contribution in [3.05, 3.63) is 0 Å². The normalized spacial score (nSPS) is 14.4. The van der Waals surface area contributed by atoms with Gasteiger partial charge in [-0.3, -0.25) is 0 Å². The summed E-state index contributed by atoms with van der Waals surface area (Å²) in [6, 6.07) is 4.03. The molecule has 0 aromatic carbocycles. The van der Waals surface area contributed by atoms with Gasteiger partial charge in [0.2, 0.25) is 0 Å². The fourth-order valence-electron chi connectivity index (χ4n) is 7.83. The maximum atomic E-state index is 9.09. The third kappa shape index (κ3) is 56.0. The van der Waals surface area contributed by atoms with Gasteiger partial charge in [-0.15, -0.1) is 0 Å². The Balaban J connectivity index is -0.000000993. The molecular formula is C47H118O16Si9. The van der Waals surface area contributed by atoms with E-state index in [-0.39, 0.29) is 19.3 Å². The number of aliphatic hydroxyl groups is 3. The largest absolute Gasteiger partial charge is 0.437 e. The van der Waals surface area contributed by atoms with Gasteiger partial charge in [0.05, 0.1) is 78.3 Å². The van der Waals surface area contributed by atoms with Crippen LogP contribution in [0.1, 0.15) is 39.5 Å². The van der Waals surface area contributed by atoms with E-state index in [0.717, 1.165) is 56.5 Å². The second-order valence-electron chi connectivity index (χ2n) is 24.6. The first-order valence-electron chi connectivity index (χ1n) is 26.8. The van der Waals surface area contributed by atoms with Crippen molar-refractivity contribution in [3.63, 3.8) is 0 Å². The molecule has 0 aliphatic rings. The molecule has 0 spiro atoms. The molecule has 0 aliphatic carbocycles. The molecule has 16 nitrogen and oxygen atoms in total. The molecule has 2 unspecified atom stereocenters. The highest BCUT2D eigenvalue weighted by Gasteiger charge is 2.42. The van der Waals surface area contributed by atoms with Gasteiger partial charge in [0, 0.05) is 33.5 Å². The van der Waals surface area contributed by atoms with Crippen LogP contribution in [0.5, 0.6) is 0 Å². The predicted molar refractivity (Wildman–Crippen MR) is 321 cm³/mol. The molecule has 0 fully saturated rings. The first-order chi connectivity index (χ1) is 32.7. The molecule has 0 saturated heterocycles. The molecule has 0 heterocycles. The summed E-state index contributed by atoms with van der Waals surface area (Å²) in [7, 11) is -14.7. The second-order valence-corrected chi connectivity index (χ2v) is 62.8. The van der Waals surface area contributed by atoms with Crippen molar-refractivity contribution < 1.29 is 73.2 Å². The summed E-state index contributed by atoms with van der Waals surface area (Å²) in [6.45, 7) is 55.2. The summed E-state index contributed by atoms with van der Waals surface area (Å²) in [6.07, 6.45) is 3.58. The smallest absolute Gasteiger partial charge is 0.314 e. The van der Waals surface area contributed by atoms with Crippen LogP contribution in [0.15, 0.2) is 0 Å². The molecule has 3 N–H and O–H groups in total. The van der Waals surface area contributed by atoms with E-state index >= 15 is 0 Å². The molecule has 0 aromatic rings. The van der Waals surface area contributed by atoms with Crippen molar-refractivity contribution in [2.24, 2.45) is 0 Å². The van der Waals surface area contributed by atoms with Crippen molar-refractivity contribution in [3.8, 4) is 0 Å². The van der Waals surface area contributed by atoms with Crippen molar-refractivity contribution in [2.75, 3.05) is 99.6 Å². The number of aliphatic hydroxyl groups excluding tert-OH is 3. The van der Waals surface area contributed by atoms with Crippen LogP contribution in [0.4, 0.5) is 0 Å². The molecule has 0 amide bonds. The zero-order chi connectivity index (χ0) is 56.4. The van der Waals surface area contributed by atoms with E-state index in [9.17, 15) is 0 Å². The van der Waals surface area contributed by atoms with Crippen molar-refractivity contribution >= 4 is 75.6 Å². The Labute approximate surface area is 452 Å². The number of rotatable bonds is 43. The number of hydrogen-bond donors (Lipinski definition) is 3. The Morgan fingerprint density at radius 3 is 0.903 bits per heavy atom. The first-order valence-corrected chi connectivity index (χ1v) is 54.6. The fourth-order valence-corrected chi connectivity index (χ4v) is 46.8. The van der Waals surface area contributed by atoms with E-state index in [1.807, 2.05) is 6.92 Å². The predicted octanol–water partition coefficient (Wildman–Crippen LogP) is 10.7. The van der Waals surface area contributed by atoms with Gasteiger partial charge in [-0.05, 0) is 195 Å². The summed E-state index contributed by atoms with van der Waals surface area (Å²) in [5.74, 6) is 0. The summed E-state index contributed by atoms with van der Waals surface area (Å²) in [5, 5.41) is 26.5. The average Bonchev–Trinajstić information content (AvgIpc) is 3.16. The van der Waals surface area contributed by atoms with E-state index in [4.69, 9.17) is 73.2 Å². The van der Waals surface area contributed by atoms with Crippen molar-refractivity contribution in [1.82, 2.24) is 0 Å². The standard InChI is InChI=1S/C16H40O6Si3.C16H40O5Si3.C15H38O5Si3/c1-23(2,15-7-11-19-13-9-17)21-25(5,6)22-24(3,4)16-8-12-20-14-10-18;1-16(17-2)15-19-13-12-18-11-10-14-24(9,20-22(3,4)5)21-23(6,7)8;1-15(16)14-18-12-11-17-10-9-13-23(8,19-21(2,3)4)20-22(5,6)7/h17-18H,7-16H2,1-6H3;16H,10-15H2,1-9H3;15-16H,9-14H2,1-8H3. The Hall–Kier alpha value is 1.31. The Kier molecular flexibility index (Phi) is 42.7. The lowest BCUT2D eigenvalue weighted by Crippen LogP contribution is -2.52. The second kappa shape index (κ2) is 39.6. The summed E-state index contributed by atoms with van der Waals surface area (Å²) < 4.78 is 76.8. The minimum absolute atomic E-state index is 0.0792. The third-order valence-electron chi connectivity index (χ3n) is 9.44. The SMILES string of the molecule is CC(O)COCCOCCC[Si](C)(O[Si](C)(C)C)O[Si](C)(C)C.COC(C)COCCOCCC[Si](C)(O[Si](C)(C)C)O[Si](C)(C)C.C[Si](C)(CCCOCCO)O[Si](C)(C)O[Si](C)(C)CCCOCCO. The van der Waals surface area contributed by atoms with Crippen LogP contribution in [0.25, 0.3) is 0 Å². The summed E-state index contributed by atoms with van der Waals surface area (Å²) in [4.78, 5) is 0. The van der Waals surface area contributed by atoms with Gasteiger partial charge in [0.25, 0.3) is 0 Å². The molecule has 0 saturated carbocycles. The van der Waals surface area contributed by atoms with E-state index in [1.165, 1.54) is 0 Å². The Morgan fingerprint density at radius 2 is 0.625 bits per heavy atom. The summed E-state index contributed by atoms with van der Waals surface area (Å²) in [5.41, 5.74) is 0. The van der Waals surface area contributed by atoms with Crippen LogP contribution in [-0.2, 0) is 57.8 Å². The number of hydrogen-bond acceptors (Lipinski definition) is 16. The van der Waals surface area contributed by atoms with Crippen LogP contribution in [-0.4, -0.2) is 203 Å². The summed E-state index contributed by atoms with van der Waals surface area (Å²) >= 11 is 0. The van der Waals surface area contributed by atoms with Crippen LogP contribution >= 0.6 is 0 Å². The molecule has 0 rings (SSSR count). The van der Waals surface area contributed by atoms with Gasteiger partial charge in [0.15, 0.2) is 49.9 Å². The fraction of sp³-hybridized carbons (Fsp3) is 1.00. The lowest BCUT2D eigenvalue weighted by molar-refractivity contribution is -0.00630. The maximum Gasteiger partial charge on any atom is 0.314 e. The van der Waals surface area contributed by atoms with Gasteiger partial charge in [0.1, 0.15) is 0 Å². The number of ether oxygens (including phenoxy) is 7. The molecule has 0 aromatic heterocycles. The van der Waals surface area contributed by atoms with Crippen LogP contribution in [0, 0.1) is 0 Å². The molecule has 0 aliphatic heterocycles. The highest BCUT2D eigenvalue weighted by atomic mass is 28.5. The molecule has 0 radical (unpaired) electrons. The van der Waals surface area contributed by atoms with Gasteiger partial charge < -0.3 is 73.2 Å². The van der Waals surface area contributed by atoms with Crippen molar-refractivity contribution in [2.45, 2.75) is 207 Å². The van der Waals surface area contributed by atoms with Crippen molar-refractivity contribution in [1.29, 1.82) is 0 Å².